The summed E-state index contributed by atoms with van der Waals surface area (Å²) in [5.41, 5.74) is 1.62. The van der Waals surface area contributed by atoms with Crippen LogP contribution in [0.25, 0.3) is 0 Å². The summed E-state index contributed by atoms with van der Waals surface area (Å²) in [5, 5.41) is 3.05. The lowest BCUT2D eigenvalue weighted by Gasteiger charge is -2.28. The van der Waals surface area contributed by atoms with E-state index < -0.39 is 0 Å². The summed E-state index contributed by atoms with van der Waals surface area (Å²) in [6.07, 6.45) is 3.99. The predicted octanol–water partition coefficient (Wildman–Crippen LogP) is 2.67. The Morgan fingerprint density at radius 1 is 1.15 bits per heavy atom. The van der Waals surface area contributed by atoms with E-state index in [1.54, 1.807) is 25.4 Å². The average molecular weight is 355 g/mol. The Balaban J connectivity index is 1.74. The first-order chi connectivity index (χ1) is 12.7. The summed E-state index contributed by atoms with van der Waals surface area (Å²) in [6, 6.07) is 11.7. The van der Waals surface area contributed by atoms with Crippen LogP contribution in [-0.4, -0.2) is 49.6 Å². The molecule has 3 rings (SSSR count). The van der Waals surface area contributed by atoms with Crippen LogP contribution in [0.5, 0.6) is 11.6 Å². The molecule has 2 heterocycles. The number of nitrogens with one attached hydrogen (secondary N) is 1. The van der Waals surface area contributed by atoms with Gasteiger partial charge in [-0.15, -0.1) is 0 Å². The Labute approximate surface area is 154 Å². The molecule has 26 heavy (non-hydrogen) atoms. The summed E-state index contributed by atoms with van der Waals surface area (Å²) in [5.74, 6) is 0.998. The molecule has 6 heteroatoms. The van der Waals surface area contributed by atoms with Crippen molar-refractivity contribution in [2.75, 3.05) is 33.9 Å². The van der Waals surface area contributed by atoms with E-state index >= 15 is 0 Å². The molecule has 1 fully saturated rings. The van der Waals surface area contributed by atoms with Crippen molar-refractivity contribution in [2.45, 2.75) is 18.9 Å². The van der Waals surface area contributed by atoms with Crippen LogP contribution < -0.4 is 14.8 Å². The van der Waals surface area contributed by atoms with Crippen molar-refractivity contribution in [1.29, 1.82) is 0 Å². The predicted molar refractivity (Wildman–Crippen MR) is 99.7 cm³/mol. The third kappa shape index (κ3) is 4.14. The third-order valence-corrected chi connectivity index (χ3v) is 4.75. The Morgan fingerprint density at radius 2 is 1.88 bits per heavy atom. The molecule has 1 amide bonds. The van der Waals surface area contributed by atoms with Crippen LogP contribution in [-0.2, 0) is 0 Å². The minimum absolute atomic E-state index is 0.134. The maximum absolute atomic E-state index is 12.6. The van der Waals surface area contributed by atoms with E-state index in [0.717, 1.165) is 18.8 Å². The molecular formula is C20H25N3O3. The first kappa shape index (κ1) is 18.2. The molecule has 1 aliphatic rings. The van der Waals surface area contributed by atoms with Gasteiger partial charge in [0, 0.05) is 12.7 Å². The lowest BCUT2D eigenvalue weighted by Crippen LogP contribution is -2.37. The zero-order valence-corrected chi connectivity index (χ0v) is 15.3. The van der Waals surface area contributed by atoms with Crippen LogP contribution in [0.15, 0.2) is 42.6 Å². The summed E-state index contributed by atoms with van der Waals surface area (Å²) in [4.78, 5) is 19.1. The molecule has 1 aromatic carbocycles. The quantitative estimate of drug-likeness (QED) is 0.827. The molecule has 138 valence electrons. The van der Waals surface area contributed by atoms with Gasteiger partial charge >= 0.3 is 0 Å². The maximum Gasteiger partial charge on any atom is 0.256 e. The lowest BCUT2D eigenvalue weighted by atomic mass is 10.0. The molecule has 1 saturated heterocycles. The second-order valence-electron chi connectivity index (χ2n) is 6.30. The third-order valence-electron chi connectivity index (χ3n) is 4.75. The number of likely N-dealkylation sites (tertiary alicyclic amines) is 1. The van der Waals surface area contributed by atoms with Crippen molar-refractivity contribution < 1.29 is 14.3 Å². The summed E-state index contributed by atoms with van der Waals surface area (Å²) >= 11 is 0. The Bertz CT molecular complexity index is 727. The van der Waals surface area contributed by atoms with Crippen molar-refractivity contribution in [1.82, 2.24) is 15.2 Å². The van der Waals surface area contributed by atoms with Crippen LogP contribution in [0.2, 0.25) is 0 Å². The van der Waals surface area contributed by atoms with Crippen molar-refractivity contribution in [3.05, 3.63) is 53.7 Å². The smallest absolute Gasteiger partial charge is 0.256 e. The summed E-state index contributed by atoms with van der Waals surface area (Å²) < 4.78 is 10.4. The van der Waals surface area contributed by atoms with Gasteiger partial charge in [0.05, 0.1) is 20.3 Å². The number of hydrogen-bond donors (Lipinski definition) is 1. The van der Waals surface area contributed by atoms with Crippen LogP contribution >= 0.6 is 0 Å². The van der Waals surface area contributed by atoms with E-state index in [2.05, 4.69) is 27.3 Å². The highest BCUT2D eigenvalue weighted by molar-refractivity contribution is 5.96. The van der Waals surface area contributed by atoms with Gasteiger partial charge < -0.3 is 14.8 Å². The van der Waals surface area contributed by atoms with Gasteiger partial charge in [-0.05, 0) is 55.8 Å². The maximum atomic E-state index is 12.6. The second kappa shape index (κ2) is 8.67. The number of pyridine rings is 1. The number of nitrogens with zero attached hydrogens (tertiary/aromatic N) is 2. The number of amides is 1. The van der Waals surface area contributed by atoms with E-state index in [9.17, 15) is 4.79 Å². The normalized spacial score (nSPS) is 15.5. The zero-order valence-electron chi connectivity index (χ0n) is 15.3. The SMILES string of the molecule is COc1ccc(C(CNC(=O)c2cccnc2OC)N2CCCC2)cc1. The van der Waals surface area contributed by atoms with Gasteiger partial charge in [-0.3, -0.25) is 9.69 Å². The molecule has 1 aromatic heterocycles. The zero-order chi connectivity index (χ0) is 18.4. The van der Waals surface area contributed by atoms with Crippen molar-refractivity contribution in [3.63, 3.8) is 0 Å². The van der Waals surface area contributed by atoms with Crippen molar-refractivity contribution in [3.8, 4) is 11.6 Å². The molecule has 6 nitrogen and oxygen atoms in total. The lowest BCUT2D eigenvalue weighted by molar-refractivity contribution is 0.0934. The Hall–Kier alpha value is -2.60. The largest absolute Gasteiger partial charge is 0.497 e. The molecule has 1 atom stereocenters. The molecule has 2 aromatic rings. The molecular weight excluding hydrogens is 330 g/mol. The van der Waals surface area contributed by atoms with Gasteiger partial charge in [-0.1, -0.05) is 12.1 Å². The van der Waals surface area contributed by atoms with Crippen LogP contribution in [0.4, 0.5) is 0 Å². The topological polar surface area (TPSA) is 63.7 Å². The molecule has 0 bridgehead atoms. The molecule has 1 unspecified atom stereocenters. The number of methoxy groups -OCH3 is 2. The average Bonchev–Trinajstić information content (AvgIpc) is 3.23. The number of carbonyl (C=O) groups excluding carboxylic acids is 1. The monoisotopic (exact) mass is 355 g/mol. The fraction of sp³-hybridized carbons (Fsp3) is 0.400. The van der Waals surface area contributed by atoms with Crippen LogP contribution in [0.1, 0.15) is 34.8 Å². The first-order valence-electron chi connectivity index (χ1n) is 8.88. The Morgan fingerprint density at radius 3 is 2.54 bits per heavy atom. The highest BCUT2D eigenvalue weighted by Gasteiger charge is 2.24. The van der Waals surface area contributed by atoms with Crippen molar-refractivity contribution in [2.24, 2.45) is 0 Å². The number of aromatic nitrogens is 1. The van der Waals surface area contributed by atoms with Gasteiger partial charge in [-0.2, -0.15) is 0 Å². The second-order valence-corrected chi connectivity index (χ2v) is 6.30. The minimum atomic E-state index is -0.173. The van der Waals surface area contributed by atoms with Gasteiger partial charge in [0.15, 0.2) is 0 Å². The highest BCUT2D eigenvalue weighted by atomic mass is 16.5. The molecule has 0 radical (unpaired) electrons. The number of carbonyl (C=O) groups is 1. The standard InChI is InChI=1S/C20H25N3O3/c1-25-16-9-7-15(8-10-16)18(23-12-3-4-13-23)14-22-19(24)17-6-5-11-21-20(17)26-2/h5-11,18H,3-4,12-14H2,1-2H3,(H,22,24). The summed E-state index contributed by atoms with van der Waals surface area (Å²) in [6.45, 7) is 2.62. The van der Waals surface area contributed by atoms with Crippen molar-refractivity contribution >= 4 is 5.91 Å². The van der Waals surface area contributed by atoms with E-state index in [1.807, 2.05) is 12.1 Å². The van der Waals surface area contributed by atoms with E-state index in [1.165, 1.54) is 25.5 Å². The number of rotatable bonds is 7. The molecule has 0 aliphatic carbocycles. The van der Waals surface area contributed by atoms with Crippen LogP contribution in [0, 0.1) is 0 Å². The van der Waals surface area contributed by atoms with Gasteiger partial charge in [0.1, 0.15) is 11.3 Å². The first-order valence-corrected chi connectivity index (χ1v) is 8.88. The fourth-order valence-corrected chi connectivity index (χ4v) is 3.35. The highest BCUT2D eigenvalue weighted by Crippen LogP contribution is 2.26. The minimum Gasteiger partial charge on any atom is -0.497 e. The number of ether oxygens (including phenoxy) is 2. The van der Waals surface area contributed by atoms with E-state index in [0.29, 0.717) is 18.0 Å². The van der Waals surface area contributed by atoms with E-state index in [4.69, 9.17) is 9.47 Å². The molecule has 0 spiro atoms. The van der Waals surface area contributed by atoms with Gasteiger partial charge in [-0.25, -0.2) is 4.98 Å². The number of benzene rings is 1. The van der Waals surface area contributed by atoms with Gasteiger partial charge in [0.2, 0.25) is 5.88 Å². The number of hydrogen-bond acceptors (Lipinski definition) is 5. The van der Waals surface area contributed by atoms with Gasteiger partial charge in [0.25, 0.3) is 5.91 Å². The van der Waals surface area contributed by atoms with E-state index in [-0.39, 0.29) is 11.9 Å². The van der Waals surface area contributed by atoms with Crippen LogP contribution in [0.3, 0.4) is 0 Å². The molecule has 1 N–H and O–H groups in total. The summed E-state index contributed by atoms with van der Waals surface area (Å²) in [7, 11) is 3.18. The fourth-order valence-electron chi connectivity index (χ4n) is 3.35. The Kier molecular flexibility index (Phi) is 6.07. The molecule has 0 saturated carbocycles. The molecule has 1 aliphatic heterocycles.